The van der Waals surface area contributed by atoms with Crippen LogP contribution >= 0.6 is 0 Å². The smallest absolute Gasteiger partial charge is 0.258 e. The van der Waals surface area contributed by atoms with Gasteiger partial charge in [0.2, 0.25) is 0 Å². The van der Waals surface area contributed by atoms with Crippen molar-refractivity contribution in [2.75, 3.05) is 11.4 Å². The fourth-order valence-electron chi connectivity index (χ4n) is 1.91. The first kappa shape index (κ1) is 13.9. The lowest BCUT2D eigenvalue weighted by molar-refractivity contribution is 0.0987. The van der Waals surface area contributed by atoms with Crippen molar-refractivity contribution >= 4 is 11.6 Å². The second-order valence-electron chi connectivity index (χ2n) is 4.20. The van der Waals surface area contributed by atoms with E-state index in [0.29, 0.717) is 0 Å². The summed E-state index contributed by atoms with van der Waals surface area (Å²) < 4.78 is 13.8. The number of para-hydroxylation sites is 1. The average molecular weight is 275 g/mol. The Balaban J connectivity index is 2.39. The van der Waals surface area contributed by atoms with Crippen molar-refractivity contribution in [3.8, 4) is 11.5 Å². The van der Waals surface area contributed by atoms with Gasteiger partial charge in [-0.15, -0.1) is 0 Å². The van der Waals surface area contributed by atoms with Crippen molar-refractivity contribution in [1.29, 1.82) is 0 Å². The van der Waals surface area contributed by atoms with E-state index in [1.165, 1.54) is 29.2 Å². The number of hydrogen-bond donors (Lipinski definition) is 2. The lowest BCUT2D eigenvalue weighted by atomic mass is 10.1. The molecule has 104 valence electrons. The Morgan fingerprint density at radius 2 is 1.85 bits per heavy atom. The number of amides is 1. The lowest BCUT2D eigenvalue weighted by Crippen LogP contribution is -2.31. The summed E-state index contributed by atoms with van der Waals surface area (Å²) in [5.41, 5.74) is 0.345. The number of halogens is 1. The van der Waals surface area contributed by atoms with E-state index in [-0.39, 0.29) is 29.3 Å². The molecule has 0 radical (unpaired) electrons. The Morgan fingerprint density at radius 3 is 2.45 bits per heavy atom. The van der Waals surface area contributed by atoms with Gasteiger partial charge in [-0.1, -0.05) is 12.1 Å². The maximum atomic E-state index is 13.8. The second kappa shape index (κ2) is 5.61. The highest BCUT2D eigenvalue weighted by Crippen LogP contribution is 2.27. The molecule has 0 aliphatic rings. The number of benzene rings is 2. The molecule has 2 N–H and O–H groups in total. The molecule has 0 bridgehead atoms. The molecule has 20 heavy (non-hydrogen) atoms. The molecule has 0 aromatic heterocycles. The Kier molecular flexibility index (Phi) is 3.89. The number of anilines is 1. The van der Waals surface area contributed by atoms with Crippen molar-refractivity contribution < 1.29 is 19.4 Å². The highest BCUT2D eigenvalue weighted by molar-refractivity contribution is 6.06. The predicted octanol–water partition coefficient (Wildman–Crippen LogP) is 2.90. The third-order valence-corrected chi connectivity index (χ3v) is 2.93. The van der Waals surface area contributed by atoms with Crippen LogP contribution in [0.5, 0.6) is 11.5 Å². The fourth-order valence-corrected chi connectivity index (χ4v) is 1.91. The van der Waals surface area contributed by atoms with Gasteiger partial charge in [0, 0.05) is 12.1 Å². The normalized spacial score (nSPS) is 10.3. The van der Waals surface area contributed by atoms with E-state index in [0.717, 1.165) is 6.07 Å². The minimum Gasteiger partial charge on any atom is -0.504 e. The van der Waals surface area contributed by atoms with Crippen molar-refractivity contribution in [1.82, 2.24) is 0 Å². The van der Waals surface area contributed by atoms with E-state index in [1.54, 1.807) is 19.1 Å². The lowest BCUT2D eigenvalue weighted by Gasteiger charge is -2.21. The number of rotatable bonds is 3. The summed E-state index contributed by atoms with van der Waals surface area (Å²) in [4.78, 5) is 13.6. The van der Waals surface area contributed by atoms with E-state index in [1.807, 2.05) is 0 Å². The van der Waals surface area contributed by atoms with Gasteiger partial charge in [0.05, 0.1) is 5.69 Å². The van der Waals surface area contributed by atoms with E-state index in [2.05, 4.69) is 0 Å². The van der Waals surface area contributed by atoms with Crippen LogP contribution in [-0.2, 0) is 0 Å². The number of nitrogens with zero attached hydrogens (tertiary/aromatic N) is 1. The SMILES string of the molecule is CCN(C(=O)c1ccc(O)c(O)c1)c1ccccc1F. The van der Waals surface area contributed by atoms with Gasteiger partial charge in [0.1, 0.15) is 5.82 Å². The minimum atomic E-state index is -0.495. The molecule has 0 heterocycles. The Labute approximate surface area is 115 Å². The Hall–Kier alpha value is -2.56. The summed E-state index contributed by atoms with van der Waals surface area (Å²) in [6, 6.07) is 9.72. The van der Waals surface area contributed by atoms with Gasteiger partial charge in [0.25, 0.3) is 5.91 Å². The van der Waals surface area contributed by atoms with Crippen LogP contribution < -0.4 is 4.90 Å². The standard InChI is InChI=1S/C15H14FNO3/c1-2-17(12-6-4-3-5-11(12)16)15(20)10-7-8-13(18)14(19)9-10/h3-9,18-19H,2H2,1H3. The number of phenols is 2. The van der Waals surface area contributed by atoms with Gasteiger partial charge in [-0.3, -0.25) is 4.79 Å². The second-order valence-corrected chi connectivity index (χ2v) is 4.20. The van der Waals surface area contributed by atoms with E-state index >= 15 is 0 Å². The van der Waals surface area contributed by atoms with Gasteiger partial charge < -0.3 is 15.1 Å². The van der Waals surface area contributed by atoms with Crippen molar-refractivity contribution in [2.45, 2.75) is 6.92 Å². The summed E-state index contributed by atoms with van der Waals surface area (Å²) in [6.07, 6.45) is 0. The zero-order chi connectivity index (χ0) is 14.7. The summed E-state index contributed by atoms with van der Waals surface area (Å²) in [5.74, 6) is -1.64. The van der Waals surface area contributed by atoms with Gasteiger partial charge in [-0.25, -0.2) is 4.39 Å². The summed E-state index contributed by atoms with van der Waals surface area (Å²) in [6.45, 7) is 2.01. The largest absolute Gasteiger partial charge is 0.504 e. The van der Waals surface area contributed by atoms with E-state index in [4.69, 9.17) is 0 Å². The van der Waals surface area contributed by atoms with Gasteiger partial charge in [-0.2, -0.15) is 0 Å². The Morgan fingerprint density at radius 1 is 1.15 bits per heavy atom. The molecule has 2 aromatic rings. The average Bonchev–Trinajstić information content (AvgIpc) is 2.44. The minimum absolute atomic E-state index is 0.172. The summed E-state index contributed by atoms with van der Waals surface area (Å²) >= 11 is 0. The highest BCUT2D eigenvalue weighted by Gasteiger charge is 2.19. The first-order valence-corrected chi connectivity index (χ1v) is 6.13. The van der Waals surface area contributed by atoms with Crippen molar-refractivity contribution in [2.24, 2.45) is 0 Å². The molecule has 5 heteroatoms. The molecule has 0 fully saturated rings. The van der Waals surface area contributed by atoms with Crippen LogP contribution in [0.4, 0.5) is 10.1 Å². The molecule has 0 spiro atoms. The highest BCUT2D eigenvalue weighted by atomic mass is 19.1. The third-order valence-electron chi connectivity index (χ3n) is 2.93. The molecular formula is C15H14FNO3. The first-order chi connectivity index (χ1) is 9.54. The molecule has 0 atom stereocenters. The maximum Gasteiger partial charge on any atom is 0.258 e. The summed E-state index contributed by atoms with van der Waals surface area (Å²) in [7, 11) is 0. The van der Waals surface area contributed by atoms with Crippen LogP contribution in [0.3, 0.4) is 0 Å². The molecular weight excluding hydrogens is 261 g/mol. The topological polar surface area (TPSA) is 60.8 Å². The third kappa shape index (κ3) is 2.56. The first-order valence-electron chi connectivity index (χ1n) is 6.13. The molecule has 0 saturated heterocycles. The van der Waals surface area contributed by atoms with Crippen LogP contribution in [-0.4, -0.2) is 22.7 Å². The van der Waals surface area contributed by atoms with Crippen molar-refractivity contribution in [3.05, 3.63) is 53.8 Å². The van der Waals surface area contributed by atoms with Crippen molar-refractivity contribution in [3.63, 3.8) is 0 Å². The molecule has 0 aliphatic carbocycles. The number of carbonyl (C=O) groups excluding carboxylic acids is 1. The van der Waals surface area contributed by atoms with Crippen LogP contribution in [0.15, 0.2) is 42.5 Å². The van der Waals surface area contributed by atoms with Crippen LogP contribution in [0.1, 0.15) is 17.3 Å². The van der Waals surface area contributed by atoms with Gasteiger partial charge >= 0.3 is 0 Å². The monoisotopic (exact) mass is 275 g/mol. The Bertz CT molecular complexity index is 643. The molecule has 2 rings (SSSR count). The van der Waals surface area contributed by atoms with Gasteiger partial charge in [-0.05, 0) is 37.3 Å². The molecule has 2 aromatic carbocycles. The zero-order valence-corrected chi connectivity index (χ0v) is 10.9. The van der Waals surface area contributed by atoms with E-state index in [9.17, 15) is 19.4 Å². The number of carbonyl (C=O) groups is 1. The molecule has 0 aliphatic heterocycles. The van der Waals surface area contributed by atoms with Gasteiger partial charge in [0.15, 0.2) is 11.5 Å². The number of phenolic OH excluding ortho intramolecular Hbond substituents is 2. The fraction of sp³-hybridized carbons (Fsp3) is 0.133. The molecule has 4 nitrogen and oxygen atoms in total. The maximum absolute atomic E-state index is 13.8. The predicted molar refractivity (Wildman–Crippen MR) is 73.5 cm³/mol. The quantitative estimate of drug-likeness (QED) is 0.847. The number of aromatic hydroxyl groups is 2. The zero-order valence-electron chi connectivity index (χ0n) is 10.9. The molecule has 1 amide bonds. The van der Waals surface area contributed by atoms with E-state index < -0.39 is 11.7 Å². The van der Waals surface area contributed by atoms with Crippen LogP contribution in [0.25, 0.3) is 0 Å². The van der Waals surface area contributed by atoms with Crippen LogP contribution in [0, 0.1) is 5.82 Å². The number of hydrogen-bond acceptors (Lipinski definition) is 3. The molecule has 0 unspecified atom stereocenters. The summed E-state index contributed by atoms with van der Waals surface area (Å²) in [5, 5.41) is 18.7. The van der Waals surface area contributed by atoms with Crippen LogP contribution in [0.2, 0.25) is 0 Å². The molecule has 0 saturated carbocycles.